The number of hydrogen-bond acceptors (Lipinski definition) is 2. The van der Waals surface area contributed by atoms with Crippen LogP contribution in [-0.2, 0) is 20.1 Å². The second-order valence-electron chi connectivity index (χ2n) is 5.57. The van der Waals surface area contributed by atoms with E-state index < -0.39 is 23.3 Å². The van der Waals surface area contributed by atoms with Gasteiger partial charge in [-0.05, 0) is 24.5 Å². The van der Waals surface area contributed by atoms with Gasteiger partial charge < -0.3 is 9.97 Å². The Kier molecular flexibility index (Phi) is 8.19. The first-order chi connectivity index (χ1) is 13.5. The number of rotatable bonds is 2. The van der Waals surface area contributed by atoms with Crippen LogP contribution in [0, 0.1) is 35.7 Å². The third-order valence-corrected chi connectivity index (χ3v) is 3.66. The van der Waals surface area contributed by atoms with Crippen LogP contribution in [0.15, 0.2) is 73.1 Å². The summed E-state index contributed by atoms with van der Waals surface area (Å²) in [5.41, 5.74) is 1.65. The molecule has 146 valence electrons. The van der Waals surface area contributed by atoms with Crippen molar-refractivity contribution in [3.05, 3.63) is 109 Å². The third-order valence-electron chi connectivity index (χ3n) is 3.66. The molecule has 0 fully saturated rings. The zero-order valence-electron chi connectivity index (χ0n) is 14.7. The van der Waals surface area contributed by atoms with E-state index in [0.29, 0.717) is 22.3 Å². The normalized spacial score (nSPS) is 9.79. The van der Waals surface area contributed by atoms with E-state index in [-0.39, 0.29) is 20.1 Å². The van der Waals surface area contributed by atoms with Gasteiger partial charge in [0.25, 0.3) is 0 Å². The first kappa shape index (κ1) is 22.4. The smallest absolute Gasteiger partial charge is 0.360 e. The monoisotopic (exact) mass is 573 g/mol. The Labute approximate surface area is 178 Å². The molecule has 0 atom stereocenters. The predicted octanol–water partition coefficient (Wildman–Crippen LogP) is 5.65. The predicted molar refractivity (Wildman–Crippen MR) is 96.8 cm³/mol. The molecule has 0 amide bonds. The molecular weight excluding hydrogens is 560 g/mol. The maximum atomic E-state index is 13.2. The molecule has 2 heterocycles. The SMILES string of the molecule is Fc1ccc(-c2[c-]nccc2)c(F)c1.Fc1ccc(-c2[c-]nccc2)c(F)c1.[Ir+3]. The summed E-state index contributed by atoms with van der Waals surface area (Å²) in [6.45, 7) is 0. The average Bonchev–Trinajstić information content (AvgIpc) is 2.70. The van der Waals surface area contributed by atoms with Gasteiger partial charge in [0.15, 0.2) is 0 Å². The first-order valence-electron chi connectivity index (χ1n) is 8.11. The van der Waals surface area contributed by atoms with Crippen molar-refractivity contribution in [2.45, 2.75) is 0 Å². The molecule has 29 heavy (non-hydrogen) atoms. The van der Waals surface area contributed by atoms with Crippen LogP contribution in [0.4, 0.5) is 17.6 Å². The van der Waals surface area contributed by atoms with Crippen LogP contribution in [0.2, 0.25) is 0 Å². The number of aromatic nitrogens is 2. The van der Waals surface area contributed by atoms with Gasteiger partial charge in [-0.25, -0.2) is 17.6 Å². The van der Waals surface area contributed by atoms with Crippen LogP contribution in [0.1, 0.15) is 0 Å². The Morgan fingerprint density at radius 3 is 1.31 bits per heavy atom. The number of pyridine rings is 2. The van der Waals surface area contributed by atoms with Gasteiger partial charge in [-0.15, -0.1) is 35.4 Å². The summed E-state index contributed by atoms with van der Waals surface area (Å²) in [5.74, 6) is -2.38. The van der Waals surface area contributed by atoms with Crippen LogP contribution in [-0.4, -0.2) is 9.97 Å². The summed E-state index contributed by atoms with van der Waals surface area (Å²) in [4.78, 5) is 7.48. The molecule has 0 radical (unpaired) electrons. The second-order valence-corrected chi connectivity index (χ2v) is 5.57. The molecule has 0 unspecified atom stereocenters. The van der Waals surface area contributed by atoms with Crippen molar-refractivity contribution in [1.29, 1.82) is 0 Å². The third kappa shape index (κ3) is 6.04. The second kappa shape index (κ2) is 10.6. The topological polar surface area (TPSA) is 25.8 Å². The van der Waals surface area contributed by atoms with Crippen LogP contribution in [0.3, 0.4) is 0 Å². The number of benzene rings is 2. The van der Waals surface area contributed by atoms with Crippen LogP contribution in [0.25, 0.3) is 22.3 Å². The minimum absolute atomic E-state index is 0. The number of hydrogen-bond donors (Lipinski definition) is 0. The van der Waals surface area contributed by atoms with Crippen LogP contribution < -0.4 is 0 Å². The van der Waals surface area contributed by atoms with E-state index in [1.54, 1.807) is 36.7 Å². The standard InChI is InChI=1S/2C11H6F2N.Ir/c2*12-9-3-4-10(11(13)6-9)8-2-1-5-14-7-8;/h2*1-6H;/q2*-1;+3. The molecule has 0 bridgehead atoms. The summed E-state index contributed by atoms with van der Waals surface area (Å²) < 4.78 is 51.7. The molecule has 0 saturated carbocycles. The fraction of sp³-hybridized carbons (Fsp3) is 0. The Bertz CT molecular complexity index is 974. The molecule has 0 aliphatic heterocycles. The molecule has 0 saturated heterocycles. The van der Waals surface area contributed by atoms with Gasteiger partial charge in [-0.1, -0.05) is 35.7 Å². The molecule has 7 heteroatoms. The molecule has 4 rings (SSSR count). The molecular formula is C22H12F4IrN2+. The van der Waals surface area contributed by atoms with Crippen molar-refractivity contribution < 1.29 is 37.7 Å². The fourth-order valence-corrected chi connectivity index (χ4v) is 2.37. The van der Waals surface area contributed by atoms with Gasteiger partial charge in [0.05, 0.1) is 11.6 Å². The molecule has 2 aromatic carbocycles. The van der Waals surface area contributed by atoms with Crippen LogP contribution >= 0.6 is 0 Å². The van der Waals surface area contributed by atoms with Crippen molar-refractivity contribution in [3.8, 4) is 22.3 Å². The van der Waals surface area contributed by atoms with E-state index in [9.17, 15) is 17.6 Å². The minimum atomic E-state index is -0.603. The van der Waals surface area contributed by atoms with E-state index in [4.69, 9.17) is 0 Å². The van der Waals surface area contributed by atoms with Crippen molar-refractivity contribution in [3.63, 3.8) is 0 Å². The van der Waals surface area contributed by atoms with E-state index in [2.05, 4.69) is 22.4 Å². The van der Waals surface area contributed by atoms with E-state index in [1.165, 1.54) is 24.3 Å². The molecule has 0 spiro atoms. The number of halogens is 4. The Morgan fingerprint density at radius 2 is 1.00 bits per heavy atom. The molecule has 0 aliphatic carbocycles. The number of nitrogens with zero attached hydrogens (tertiary/aromatic N) is 2. The van der Waals surface area contributed by atoms with E-state index in [0.717, 1.165) is 12.1 Å². The molecule has 0 aliphatic rings. The molecule has 2 nitrogen and oxygen atoms in total. The van der Waals surface area contributed by atoms with Crippen molar-refractivity contribution in [1.82, 2.24) is 9.97 Å². The van der Waals surface area contributed by atoms with Crippen molar-refractivity contribution >= 4 is 0 Å². The molecule has 0 N–H and O–H groups in total. The fourth-order valence-electron chi connectivity index (χ4n) is 2.37. The van der Waals surface area contributed by atoms with E-state index >= 15 is 0 Å². The van der Waals surface area contributed by atoms with Gasteiger partial charge in [0.2, 0.25) is 0 Å². The summed E-state index contributed by atoms with van der Waals surface area (Å²) in [7, 11) is 0. The van der Waals surface area contributed by atoms with Gasteiger partial charge in [0.1, 0.15) is 11.6 Å². The quantitative estimate of drug-likeness (QED) is 0.229. The Balaban J connectivity index is 0.000000200. The molecule has 2 aromatic heterocycles. The summed E-state index contributed by atoms with van der Waals surface area (Å²) >= 11 is 0. The van der Waals surface area contributed by atoms with Gasteiger partial charge >= 0.3 is 20.1 Å². The largest absolute Gasteiger partial charge is 3.00 e. The first-order valence-corrected chi connectivity index (χ1v) is 8.11. The molecule has 4 aromatic rings. The minimum Gasteiger partial charge on any atom is -0.360 e. The van der Waals surface area contributed by atoms with Gasteiger partial charge in [0, 0.05) is 12.1 Å². The Hall–Kier alpha value is -2.89. The van der Waals surface area contributed by atoms with E-state index in [1.807, 2.05) is 0 Å². The van der Waals surface area contributed by atoms with Gasteiger partial charge in [-0.3, -0.25) is 0 Å². The maximum Gasteiger partial charge on any atom is 3.00 e. The van der Waals surface area contributed by atoms with Crippen molar-refractivity contribution in [2.75, 3.05) is 0 Å². The van der Waals surface area contributed by atoms with Gasteiger partial charge in [-0.2, -0.15) is 0 Å². The maximum absolute atomic E-state index is 13.2. The zero-order valence-corrected chi connectivity index (χ0v) is 17.1. The summed E-state index contributed by atoms with van der Waals surface area (Å²) in [6, 6.07) is 13.5. The van der Waals surface area contributed by atoms with Crippen molar-refractivity contribution in [2.24, 2.45) is 0 Å². The summed E-state index contributed by atoms with van der Waals surface area (Å²) in [5, 5.41) is 0. The average molecular weight is 573 g/mol. The summed E-state index contributed by atoms with van der Waals surface area (Å²) in [6.07, 6.45) is 8.36. The van der Waals surface area contributed by atoms with Crippen LogP contribution in [0.5, 0.6) is 0 Å². The zero-order chi connectivity index (χ0) is 19.9. The Morgan fingerprint density at radius 1 is 0.586 bits per heavy atom.